The number of fused-ring (bicyclic) bond motifs is 3. The van der Waals surface area contributed by atoms with Crippen molar-refractivity contribution in [3.05, 3.63) is 42.0 Å². The highest BCUT2D eigenvalue weighted by atomic mass is 16.5. The number of carbonyl (C=O) groups is 3. The number of imide groups is 1. The third-order valence-electron chi connectivity index (χ3n) is 6.49. The van der Waals surface area contributed by atoms with Crippen LogP contribution in [0.25, 0.3) is 0 Å². The molecule has 4 atom stereocenters. The second-order valence-electron chi connectivity index (χ2n) is 7.50. The molecular formula is C20H19NO4. The smallest absolute Gasteiger partial charge is 0.338 e. The van der Waals surface area contributed by atoms with E-state index in [1.807, 2.05) is 0 Å². The van der Waals surface area contributed by atoms with E-state index in [1.165, 1.54) is 4.90 Å². The Kier molecular flexibility index (Phi) is 2.86. The zero-order valence-corrected chi connectivity index (χ0v) is 14.0. The second-order valence-corrected chi connectivity index (χ2v) is 7.50. The number of ether oxygens (including phenoxy) is 1. The summed E-state index contributed by atoms with van der Waals surface area (Å²) in [4.78, 5) is 39.1. The molecular weight excluding hydrogens is 318 g/mol. The Morgan fingerprint density at radius 1 is 1.08 bits per heavy atom. The maximum Gasteiger partial charge on any atom is 0.338 e. The Balaban J connectivity index is 1.44. The topological polar surface area (TPSA) is 63.7 Å². The molecule has 1 aromatic rings. The lowest BCUT2D eigenvalue weighted by molar-refractivity contribution is -0.123. The molecule has 1 aliphatic heterocycles. The molecule has 2 amide bonds. The standard InChI is InChI=1S/C20H19NO4/c1-2-25-19(24)11-3-5-12(6-4-11)21-17(22)15-13-7-8-14(16(15)18(21)23)20(13)9-10-20/h3-8,13-16H,2,9-10H2,1H3/t13-,14-,15-,16+/m0/s1. The average molecular weight is 337 g/mol. The number of benzene rings is 1. The van der Waals surface area contributed by atoms with Gasteiger partial charge in [-0.15, -0.1) is 0 Å². The lowest BCUT2D eigenvalue weighted by Crippen LogP contribution is -2.34. The Morgan fingerprint density at radius 3 is 2.12 bits per heavy atom. The fraction of sp³-hybridized carbons (Fsp3) is 0.450. The predicted molar refractivity (Wildman–Crippen MR) is 89.7 cm³/mol. The summed E-state index contributed by atoms with van der Waals surface area (Å²) in [7, 11) is 0. The molecule has 5 nitrogen and oxygen atoms in total. The van der Waals surface area contributed by atoms with Gasteiger partial charge < -0.3 is 4.74 Å². The van der Waals surface area contributed by atoms with Gasteiger partial charge in [-0.2, -0.15) is 0 Å². The van der Waals surface area contributed by atoms with Crippen molar-refractivity contribution in [2.24, 2.45) is 29.1 Å². The molecule has 2 bridgehead atoms. The van der Waals surface area contributed by atoms with E-state index in [0.717, 1.165) is 12.8 Å². The highest BCUT2D eigenvalue weighted by molar-refractivity contribution is 6.23. The van der Waals surface area contributed by atoms with E-state index in [4.69, 9.17) is 4.74 Å². The van der Waals surface area contributed by atoms with Gasteiger partial charge in [0.15, 0.2) is 0 Å². The zero-order valence-electron chi connectivity index (χ0n) is 14.0. The minimum atomic E-state index is -0.400. The van der Waals surface area contributed by atoms with Crippen molar-refractivity contribution in [3.63, 3.8) is 0 Å². The summed E-state index contributed by atoms with van der Waals surface area (Å²) in [5.74, 6) is -0.512. The quantitative estimate of drug-likeness (QED) is 0.483. The average Bonchev–Trinajstić information content (AvgIpc) is 3.20. The maximum atomic E-state index is 13.0. The van der Waals surface area contributed by atoms with Crippen molar-refractivity contribution in [3.8, 4) is 0 Å². The van der Waals surface area contributed by atoms with Crippen molar-refractivity contribution in [1.29, 1.82) is 0 Å². The molecule has 128 valence electrons. The van der Waals surface area contributed by atoms with Crippen LogP contribution in [0.3, 0.4) is 0 Å². The lowest BCUT2D eigenvalue weighted by atomic mass is 9.85. The number of hydrogen-bond acceptors (Lipinski definition) is 4. The van der Waals surface area contributed by atoms with Crippen molar-refractivity contribution in [2.45, 2.75) is 19.8 Å². The number of carbonyl (C=O) groups excluding carboxylic acids is 3. The largest absolute Gasteiger partial charge is 0.462 e. The SMILES string of the molecule is CCOC(=O)c1ccc(N2C(=O)[C@@H]3[C@H](C2=O)[C@@H]2C=C[C@@H]3C23CC3)cc1. The van der Waals surface area contributed by atoms with Crippen molar-refractivity contribution in [1.82, 2.24) is 0 Å². The van der Waals surface area contributed by atoms with E-state index >= 15 is 0 Å². The van der Waals surface area contributed by atoms with Gasteiger partial charge in [0.2, 0.25) is 11.8 Å². The molecule has 1 heterocycles. The molecule has 25 heavy (non-hydrogen) atoms. The van der Waals surface area contributed by atoms with Crippen LogP contribution >= 0.6 is 0 Å². The van der Waals surface area contributed by atoms with Crippen LogP contribution in [0.1, 0.15) is 30.1 Å². The summed E-state index contributed by atoms with van der Waals surface area (Å²) in [6.45, 7) is 2.06. The van der Waals surface area contributed by atoms with E-state index in [-0.39, 0.29) is 40.9 Å². The van der Waals surface area contributed by atoms with E-state index in [9.17, 15) is 14.4 Å². The summed E-state index contributed by atoms with van der Waals surface area (Å²) in [6, 6.07) is 6.53. The predicted octanol–water partition coefficient (Wildman–Crippen LogP) is 2.56. The van der Waals surface area contributed by atoms with Crippen LogP contribution < -0.4 is 4.90 Å². The fourth-order valence-corrected chi connectivity index (χ4v) is 5.29. The summed E-state index contributed by atoms with van der Waals surface area (Å²) >= 11 is 0. The third kappa shape index (κ3) is 1.76. The van der Waals surface area contributed by atoms with Crippen LogP contribution in [-0.4, -0.2) is 24.4 Å². The Labute approximate surface area is 145 Å². The first-order valence-electron chi connectivity index (χ1n) is 8.92. The molecule has 3 fully saturated rings. The Hall–Kier alpha value is -2.43. The normalized spacial score (nSPS) is 33.2. The van der Waals surface area contributed by atoms with E-state index in [2.05, 4.69) is 12.2 Å². The third-order valence-corrected chi connectivity index (χ3v) is 6.49. The summed E-state index contributed by atoms with van der Waals surface area (Å²) in [6.07, 6.45) is 6.60. The van der Waals surface area contributed by atoms with E-state index in [0.29, 0.717) is 17.9 Å². The molecule has 3 aliphatic carbocycles. The van der Waals surface area contributed by atoms with Gasteiger partial charge in [-0.05, 0) is 61.3 Å². The summed E-state index contributed by atoms with van der Waals surface area (Å²) < 4.78 is 4.97. The number of nitrogens with zero attached hydrogens (tertiary/aromatic N) is 1. The summed E-state index contributed by atoms with van der Waals surface area (Å²) in [5.41, 5.74) is 1.17. The first-order valence-corrected chi connectivity index (χ1v) is 8.92. The van der Waals surface area contributed by atoms with Gasteiger partial charge in [-0.3, -0.25) is 14.5 Å². The molecule has 1 saturated heterocycles. The molecule has 0 radical (unpaired) electrons. The Bertz CT molecular complexity index is 787. The number of hydrogen-bond donors (Lipinski definition) is 0. The van der Waals surface area contributed by atoms with Gasteiger partial charge in [-0.1, -0.05) is 12.2 Å². The van der Waals surface area contributed by atoms with Gasteiger partial charge in [0, 0.05) is 0 Å². The molecule has 4 aliphatic rings. The van der Waals surface area contributed by atoms with Gasteiger partial charge in [0.25, 0.3) is 0 Å². The first-order chi connectivity index (χ1) is 12.1. The van der Waals surface area contributed by atoms with E-state index in [1.54, 1.807) is 31.2 Å². The molecule has 5 heteroatoms. The lowest BCUT2D eigenvalue weighted by Gasteiger charge is -2.21. The van der Waals surface area contributed by atoms with E-state index < -0.39 is 5.97 Å². The number of amides is 2. The fourth-order valence-electron chi connectivity index (χ4n) is 5.29. The monoisotopic (exact) mass is 337 g/mol. The molecule has 0 N–H and O–H groups in total. The highest BCUT2D eigenvalue weighted by Crippen LogP contribution is 2.73. The zero-order chi connectivity index (χ0) is 17.3. The number of rotatable bonds is 3. The molecule has 0 unspecified atom stereocenters. The van der Waals surface area contributed by atoms with Crippen LogP contribution in [0.5, 0.6) is 0 Å². The van der Waals surface area contributed by atoms with Crippen LogP contribution in [-0.2, 0) is 14.3 Å². The van der Waals surface area contributed by atoms with Crippen molar-refractivity contribution < 1.29 is 19.1 Å². The highest BCUT2D eigenvalue weighted by Gasteiger charge is 2.73. The molecule has 1 aromatic carbocycles. The van der Waals surface area contributed by atoms with Crippen LogP contribution in [0.15, 0.2) is 36.4 Å². The molecule has 0 aromatic heterocycles. The van der Waals surface area contributed by atoms with Crippen molar-refractivity contribution >= 4 is 23.5 Å². The Morgan fingerprint density at radius 2 is 1.64 bits per heavy atom. The van der Waals surface area contributed by atoms with Gasteiger partial charge in [0.1, 0.15) is 0 Å². The van der Waals surface area contributed by atoms with Gasteiger partial charge in [0.05, 0.1) is 29.7 Å². The molecule has 5 rings (SSSR count). The van der Waals surface area contributed by atoms with Crippen LogP contribution in [0.2, 0.25) is 0 Å². The number of anilines is 1. The van der Waals surface area contributed by atoms with Gasteiger partial charge >= 0.3 is 5.97 Å². The van der Waals surface area contributed by atoms with Gasteiger partial charge in [-0.25, -0.2) is 4.79 Å². The molecule has 1 spiro atoms. The minimum absolute atomic E-state index is 0.0815. The number of allylic oxidation sites excluding steroid dienone is 2. The van der Waals surface area contributed by atoms with Crippen LogP contribution in [0, 0.1) is 29.1 Å². The summed E-state index contributed by atoms with van der Waals surface area (Å²) in [5, 5.41) is 0. The number of esters is 1. The minimum Gasteiger partial charge on any atom is -0.462 e. The maximum absolute atomic E-state index is 13.0. The molecule has 2 saturated carbocycles. The second kappa shape index (κ2) is 4.81. The first kappa shape index (κ1) is 14.9. The van der Waals surface area contributed by atoms with Crippen LogP contribution in [0.4, 0.5) is 5.69 Å². The van der Waals surface area contributed by atoms with Crippen molar-refractivity contribution in [2.75, 3.05) is 11.5 Å².